The molecule has 0 aliphatic carbocycles. The molecule has 0 amide bonds. The minimum atomic E-state index is -0.400. The Morgan fingerprint density at radius 2 is 2.00 bits per heavy atom. The number of hydrogen-bond acceptors (Lipinski definition) is 5. The van der Waals surface area contributed by atoms with E-state index in [9.17, 15) is 10.1 Å². The number of nitro groups is 1. The van der Waals surface area contributed by atoms with Crippen LogP contribution in [0.5, 0.6) is 0 Å². The molecule has 8 nitrogen and oxygen atoms in total. The van der Waals surface area contributed by atoms with Gasteiger partial charge in [0, 0.05) is 49.6 Å². The summed E-state index contributed by atoms with van der Waals surface area (Å²) in [5.41, 5.74) is 2.79. The van der Waals surface area contributed by atoms with Gasteiger partial charge in [0.1, 0.15) is 0 Å². The Hall–Kier alpha value is -3.30. The highest BCUT2D eigenvalue weighted by Gasteiger charge is 2.41. The van der Waals surface area contributed by atoms with Gasteiger partial charge in [0.05, 0.1) is 29.3 Å². The molecule has 1 fully saturated rings. The van der Waals surface area contributed by atoms with Crippen LogP contribution in [0.4, 0.5) is 5.69 Å². The third-order valence-electron chi connectivity index (χ3n) is 5.16. The zero-order valence-corrected chi connectivity index (χ0v) is 17.2. The Kier molecular flexibility index (Phi) is 5.73. The smallest absolute Gasteiger partial charge is 0.269 e. The van der Waals surface area contributed by atoms with Gasteiger partial charge in [-0.3, -0.25) is 15.1 Å². The molecule has 30 heavy (non-hydrogen) atoms. The van der Waals surface area contributed by atoms with Gasteiger partial charge < -0.3 is 19.5 Å². The molecule has 1 aliphatic rings. The van der Waals surface area contributed by atoms with Gasteiger partial charge in [0.2, 0.25) is 0 Å². The van der Waals surface area contributed by atoms with Crippen LogP contribution in [0.15, 0.2) is 67.0 Å². The zero-order valence-electron chi connectivity index (χ0n) is 16.3. The second kappa shape index (κ2) is 8.60. The molecule has 0 spiro atoms. The second-order valence-electron chi connectivity index (χ2n) is 6.89. The Morgan fingerprint density at radius 1 is 1.20 bits per heavy atom. The number of nitrogens with zero attached hydrogens (tertiary/aromatic N) is 4. The molecule has 2 aromatic heterocycles. The normalized spacial score (nSPS) is 18.4. The number of non-ortho nitro benzene ring substituents is 1. The lowest BCUT2D eigenvalue weighted by Gasteiger charge is -2.28. The largest absolute Gasteiger partial charge is 0.383 e. The molecule has 1 saturated heterocycles. The van der Waals surface area contributed by atoms with E-state index in [2.05, 4.69) is 15.2 Å². The Labute approximate surface area is 179 Å². The maximum absolute atomic E-state index is 11.0. The number of ether oxygens (including phenoxy) is 1. The number of rotatable bonds is 7. The van der Waals surface area contributed by atoms with Gasteiger partial charge in [0.15, 0.2) is 5.11 Å². The maximum atomic E-state index is 11.0. The highest BCUT2D eigenvalue weighted by molar-refractivity contribution is 7.80. The average molecular weight is 423 g/mol. The summed E-state index contributed by atoms with van der Waals surface area (Å²) in [4.78, 5) is 17.3. The van der Waals surface area contributed by atoms with Gasteiger partial charge in [-0.1, -0.05) is 6.07 Å². The lowest BCUT2D eigenvalue weighted by atomic mass is 10.0. The molecular weight excluding hydrogens is 402 g/mol. The van der Waals surface area contributed by atoms with Crippen LogP contribution in [0, 0.1) is 10.1 Å². The van der Waals surface area contributed by atoms with Crippen LogP contribution >= 0.6 is 12.2 Å². The number of methoxy groups -OCH3 is 1. The first kappa shape index (κ1) is 20.0. The highest BCUT2D eigenvalue weighted by atomic mass is 32.1. The fourth-order valence-corrected chi connectivity index (χ4v) is 4.09. The van der Waals surface area contributed by atoms with Crippen LogP contribution in [0.1, 0.15) is 23.5 Å². The predicted octanol–water partition coefficient (Wildman–Crippen LogP) is 3.40. The van der Waals surface area contributed by atoms with Crippen LogP contribution in [-0.2, 0) is 4.74 Å². The molecule has 4 rings (SSSR count). The van der Waals surface area contributed by atoms with E-state index in [1.165, 1.54) is 12.1 Å². The Bertz CT molecular complexity index is 1040. The van der Waals surface area contributed by atoms with Crippen molar-refractivity contribution in [3.05, 3.63) is 88.5 Å². The number of nitrogens with one attached hydrogen (secondary N) is 1. The molecule has 154 valence electrons. The molecule has 2 atom stereocenters. The van der Waals surface area contributed by atoms with Crippen molar-refractivity contribution in [2.24, 2.45) is 0 Å². The fraction of sp³-hybridized carbons (Fsp3) is 0.238. The molecule has 1 aromatic carbocycles. The highest BCUT2D eigenvalue weighted by Crippen LogP contribution is 2.39. The number of pyridine rings is 1. The number of nitro benzene ring substituents is 1. The predicted molar refractivity (Wildman–Crippen MR) is 116 cm³/mol. The summed E-state index contributed by atoms with van der Waals surface area (Å²) in [5.74, 6) is 0. The first-order valence-corrected chi connectivity index (χ1v) is 9.90. The van der Waals surface area contributed by atoms with E-state index in [-0.39, 0.29) is 17.8 Å². The number of hydrogen-bond donors (Lipinski definition) is 1. The Morgan fingerprint density at radius 3 is 2.67 bits per heavy atom. The van der Waals surface area contributed by atoms with Crippen LogP contribution in [0.25, 0.3) is 5.69 Å². The van der Waals surface area contributed by atoms with Crippen molar-refractivity contribution in [2.45, 2.75) is 12.1 Å². The van der Waals surface area contributed by atoms with Crippen molar-refractivity contribution in [1.82, 2.24) is 19.8 Å². The summed E-state index contributed by atoms with van der Waals surface area (Å²) in [5, 5.41) is 15.1. The topological polar surface area (TPSA) is 85.5 Å². The molecule has 1 N–H and O–H groups in total. The van der Waals surface area contributed by atoms with E-state index in [1.54, 1.807) is 25.4 Å². The first-order chi connectivity index (χ1) is 14.6. The molecule has 3 heterocycles. The molecule has 9 heteroatoms. The summed E-state index contributed by atoms with van der Waals surface area (Å²) in [6.45, 7) is 1.16. The SMILES string of the molecule is COCCN1C(=S)N[C@H](c2ccccn2)[C@@H]1c1cccn1-c1ccc([N+](=O)[O-])cc1. The van der Waals surface area contributed by atoms with Crippen molar-refractivity contribution >= 4 is 23.0 Å². The monoisotopic (exact) mass is 423 g/mol. The van der Waals surface area contributed by atoms with Gasteiger partial charge in [-0.25, -0.2) is 0 Å². The lowest BCUT2D eigenvalue weighted by Crippen LogP contribution is -2.33. The summed E-state index contributed by atoms with van der Waals surface area (Å²) in [6, 6.07) is 16.1. The summed E-state index contributed by atoms with van der Waals surface area (Å²) >= 11 is 5.63. The number of benzene rings is 1. The van der Waals surface area contributed by atoms with Gasteiger partial charge in [-0.15, -0.1) is 0 Å². The molecule has 0 saturated carbocycles. The zero-order chi connectivity index (χ0) is 21.1. The van der Waals surface area contributed by atoms with Crippen LogP contribution in [0.2, 0.25) is 0 Å². The van der Waals surface area contributed by atoms with Gasteiger partial charge in [-0.05, 0) is 48.6 Å². The molecule has 0 bridgehead atoms. The average Bonchev–Trinajstić information content (AvgIpc) is 3.37. The van der Waals surface area contributed by atoms with Gasteiger partial charge >= 0.3 is 0 Å². The van der Waals surface area contributed by atoms with Crippen molar-refractivity contribution in [2.75, 3.05) is 20.3 Å². The fourth-order valence-electron chi connectivity index (χ4n) is 3.76. The first-order valence-electron chi connectivity index (χ1n) is 9.49. The number of aromatic nitrogens is 2. The van der Waals surface area contributed by atoms with Gasteiger partial charge in [-0.2, -0.15) is 0 Å². The van der Waals surface area contributed by atoms with Crippen molar-refractivity contribution < 1.29 is 9.66 Å². The van der Waals surface area contributed by atoms with Crippen molar-refractivity contribution in [3.8, 4) is 5.69 Å². The molecule has 1 aliphatic heterocycles. The minimum Gasteiger partial charge on any atom is -0.383 e. The van der Waals surface area contributed by atoms with E-state index in [0.717, 1.165) is 17.1 Å². The quantitative estimate of drug-likeness (QED) is 0.354. The molecule has 0 radical (unpaired) electrons. The van der Waals surface area contributed by atoms with Crippen LogP contribution in [0.3, 0.4) is 0 Å². The molecular formula is C21H21N5O3S. The standard InChI is InChI=1S/C21H21N5O3S/c1-29-14-13-25-20(19(23-21(25)30)17-5-2-3-11-22-17)18-6-4-12-24(18)15-7-9-16(10-8-15)26(27)28/h2-12,19-20H,13-14H2,1H3,(H,23,30)/t19-,20+/m1/s1. The summed E-state index contributed by atoms with van der Waals surface area (Å²) < 4.78 is 7.32. The maximum Gasteiger partial charge on any atom is 0.269 e. The van der Waals surface area contributed by atoms with Crippen LogP contribution in [-0.4, -0.2) is 44.7 Å². The lowest BCUT2D eigenvalue weighted by molar-refractivity contribution is -0.384. The minimum absolute atomic E-state index is 0.0595. The molecule has 0 unspecified atom stereocenters. The number of thiocarbonyl (C=S) groups is 1. The Balaban J connectivity index is 1.76. The summed E-state index contributed by atoms with van der Waals surface area (Å²) in [6.07, 6.45) is 3.71. The third kappa shape index (κ3) is 3.77. The molecule has 3 aromatic rings. The second-order valence-corrected chi connectivity index (χ2v) is 7.28. The summed E-state index contributed by atoms with van der Waals surface area (Å²) in [7, 11) is 1.66. The van der Waals surface area contributed by atoms with E-state index in [4.69, 9.17) is 17.0 Å². The van der Waals surface area contributed by atoms with Crippen LogP contribution < -0.4 is 5.32 Å². The third-order valence-corrected chi connectivity index (χ3v) is 5.51. The van der Waals surface area contributed by atoms with Crippen molar-refractivity contribution in [3.63, 3.8) is 0 Å². The van der Waals surface area contributed by atoms with E-state index < -0.39 is 4.92 Å². The van der Waals surface area contributed by atoms with E-state index >= 15 is 0 Å². The van der Waals surface area contributed by atoms with E-state index in [1.807, 2.05) is 41.1 Å². The van der Waals surface area contributed by atoms with Gasteiger partial charge in [0.25, 0.3) is 5.69 Å². The van der Waals surface area contributed by atoms with Crippen molar-refractivity contribution in [1.29, 1.82) is 0 Å². The van der Waals surface area contributed by atoms with E-state index in [0.29, 0.717) is 18.3 Å².